The van der Waals surface area contributed by atoms with Crippen molar-refractivity contribution in [2.24, 2.45) is 0 Å². The first-order chi connectivity index (χ1) is 13.6. The van der Waals surface area contributed by atoms with E-state index in [0.29, 0.717) is 18.2 Å². The van der Waals surface area contributed by atoms with Crippen LogP contribution in [0.1, 0.15) is 48.0 Å². The van der Waals surface area contributed by atoms with Gasteiger partial charge in [-0.3, -0.25) is 9.69 Å². The number of nitrogens with zero attached hydrogens (tertiary/aromatic N) is 2. The minimum absolute atomic E-state index is 0. The molecule has 0 bridgehead atoms. The number of fused-ring (bicyclic) bond motifs is 2. The molecule has 1 saturated heterocycles. The van der Waals surface area contributed by atoms with Gasteiger partial charge in [0, 0.05) is 55.3 Å². The van der Waals surface area contributed by atoms with Crippen molar-refractivity contribution in [3.8, 4) is 0 Å². The third-order valence-electron chi connectivity index (χ3n) is 7.23. The Balaban J connectivity index is 0.00000128. The van der Waals surface area contributed by atoms with Gasteiger partial charge in [-0.2, -0.15) is 0 Å². The average molecular weight is 451 g/mol. The van der Waals surface area contributed by atoms with Crippen molar-refractivity contribution in [3.05, 3.63) is 65.5 Å². The maximum Gasteiger partial charge on any atom is 0.164 e. The van der Waals surface area contributed by atoms with Crippen LogP contribution in [-0.2, 0) is 5.41 Å². The number of carbonyl (C=O) groups excluding carboxylic acids is 1. The van der Waals surface area contributed by atoms with Crippen LogP contribution in [0.2, 0.25) is 0 Å². The first kappa shape index (κ1) is 23.1. The number of piperazine rings is 1. The highest BCUT2D eigenvalue weighted by molar-refractivity contribution is 6.02. The SMILES string of the molecule is Cl.Cl.O=C1CC2(CCC(N3CCN(c4ccc(F)cc4)CC3)CC2)c2ccccc21. The molecule has 0 unspecified atom stereocenters. The zero-order chi connectivity index (χ0) is 19.1. The fourth-order valence-corrected chi connectivity index (χ4v) is 5.65. The lowest BCUT2D eigenvalue weighted by Gasteiger charge is -2.45. The van der Waals surface area contributed by atoms with E-state index in [1.807, 2.05) is 24.3 Å². The second-order valence-corrected chi connectivity index (χ2v) is 8.66. The maximum atomic E-state index is 13.2. The molecule has 0 N–H and O–H groups in total. The molecule has 1 saturated carbocycles. The van der Waals surface area contributed by atoms with Gasteiger partial charge in [-0.05, 0) is 55.5 Å². The Hall–Kier alpha value is -1.62. The molecule has 2 aliphatic carbocycles. The number of carbonyl (C=O) groups is 1. The highest BCUT2D eigenvalue weighted by atomic mass is 35.5. The number of hydrogen-bond donors (Lipinski definition) is 0. The summed E-state index contributed by atoms with van der Waals surface area (Å²) >= 11 is 0. The van der Waals surface area contributed by atoms with Crippen molar-refractivity contribution in [3.63, 3.8) is 0 Å². The van der Waals surface area contributed by atoms with E-state index in [2.05, 4.69) is 21.9 Å². The van der Waals surface area contributed by atoms with E-state index < -0.39 is 0 Å². The molecule has 0 radical (unpaired) electrons. The Bertz CT molecular complexity index is 873. The second-order valence-electron chi connectivity index (χ2n) is 8.66. The van der Waals surface area contributed by atoms with E-state index in [0.717, 1.165) is 50.3 Å². The van der Waals surface area contributed by atoms with Crippen molar-refractivity contribution < 1.29 is 9.18 Å². The number of Topliss-reactive ketones (excluding diaryl/α,β-unsaturated/α-hetero) is 1. The Morgan fingerprint density at radius 1 is 0.867 bits per heavy atom. The Labute approximate surface area is 190 Å². The van der Waals surface area contributed by atoms with Crippen LogP contribution < -0.4 is 4.90 Å². The van der Waals surface area contributed by atoms with E-state index in [-0.39, 0.29) is 36.0 Å². The molecule has 1 aliphatic heterocycles. The maximum absolute atomic E-state index is 13.2. The Morgan fingerprint density at radius 3 is 2.17 bits per heavy atom. The molecule has 0 aromatic heterocycles. The van der Waals surface area contributed by atoms with Crippen LogP contribution in [0.15, 0.2) is 48.5 Å². The summed E-state index contributed by atoms with van der Waals surface area (Å²) < 4.78 is 13.2. The summed E-state index contributed by atoms with van der Waals surface area (Å²) in [6.45, 7) is 4.11. The molecule has 0 amide bonds. The van der Waals surface area contributed by atoms with Crippen molar-refractivity contribution in [2.75, 3.05) is 31.1 Å². The molecular weight excluding hydrogens is 422 g/mol. The summed E-state index contributed by atoms with van der Waals surface area (Å²) in [6.07, 6.45) is 5.31. The van der Waals surface area contributed by atoms with Crippen molar-refractivity contribution >= 4 is 36.3 Å². The molecule has 162 valence electrons. The van der Waals surface area contributed by atoms with Crippen molar-refractivity contribution in [1.29, 1.82) is 0 Å². The zero-order valence-electron chi connectivity index (χ0n) is 17.1. The topological polar surface area (TPSA) is 23.6 Å². The van der Waals surface area contributed by atoms with E-state index in [9.17, 15) is 9.18 Å². The second kappa shape index (κ2) is 9.25. The fraction of sp³-hybridized carbons (Fsp3) is 0.458. The van der Waals surface area contributed by atoms with Gasteiger partial charge in [-0.1, -0.05) is 24.3 Å². The number of halogens is 3. The first-order valence-corrected chi connectivity index (χ1v) is 10.5. The Morgan fingerprint density at radius 2 is 1.50 bits per heavy atom. The molecule has 0 atom stereocenters. The van der Waals surface area contributed by atoms with Gasteiger partial charge in [0.2, 0.25) is 0 Å². The van der Waals surface area contributed by atoms with E-state index in [1.54, 1.807) is 12.1 Å². The quantitative estimate of drug-likeness (QED) is 0.623. The van der Waals surface area contributed by atoms with Gasteiger partial charge in [0.25, 0.3) is 0 Å². The molecule has 1 spiro atoms. The predicted molar refractivity (Wildman–Crippen MR) is 124 cm³/mol. The van der Waals surface area contributed by atoms with Crippen LogP contribution in [0.25, 0.3) is 0 Å². The predicted octanol–water partition coefficient (Wildman–Crippen LogP) is 5.26. The Kier molecular flexibility index (Phi) is 7.11. The summed E-state index contributed by atoms with van der Waals surface area (Å²) in [5.74, 6) is 0.160. The number of hydrogen-bond acceptors (Lipinski definition) is 3. The van der Waals surface area contributed by atoms with Gasteiger partial charge in [-0.15, -0.1) is 24.8 Å². The number of anilines is 1. The highest BCUT2D eigenvalue weighted by Crippen LogP contribution is 2.49. The third-order valence-corrected chi connectivity index (χ3v) is 7.23. The minimum atomic E-state index is -0.175. The highest BCUT2D eigenvalue weighted by Gasteiger charge is 2.45. The van der Waals surface area contributed by atoms with Gasteiger partial charge in [0.1, 0.15) is 5.82 Å². The average Bonchev–Trinajstić information content (AvgIpc) is 3.01. The monoisotopic (exact) mass is 450 g/mol. The molecule has 2 fully saturated rings. The molecule has 6 heteroatoms. The lowest BCUT2D eigenvalue weighted by molar-refractivity contribution is 0.0908. The van der Waals surface area contributed by atoms with Gasteiger partial charge < -0.3 is 4.90 Å². The van der Waals surface area contributed by atoms with Gasteiger partial charge in [0.05, 0.1) is 0 Å². The molecule has 3 aliphatic rings. The van der Waals surface area contributed by atoms with Gasteiger partial charge in [-0.25, -0.2) is 4.39 Å². The molecule has 1 heterocycles. The summed E-state index contributed by atoms with van der Waals surface area (Å²) in [5.41, 5.74) is 3.48. The molecule has 3 nitrogen and oxygen atoms in total. The van der Waals surface area contributed by atoms with Crippen LogP contribution in [0, 0.1) is 5.82 Å². The number of benzene rings is 2. The van der Waals surface area contributed by atoms with E-state index in [4.69, 9.17) is 0 Å². The van der Waals surface area contributed by atoms with Crippen molar-refractivity contribution in [1.82, 2.24) is 4.90 Å². The van der Waals surface area contributed by atoms with E-state index >= 15 is 0 Å². The number of ketones is 1. The van der Waals surface area contributed by atoms with Gasteiger partial charge in [0.15, 0.2) is 5.78 Å². The largest absolute Gasteiger partial charge is 0.369 e. The summed E-state index contributed by atoms with van der Waals surface area (Å²) in [6, 6.07) is 15.7. The smallest absolute Gasteiger partial charge is 0.164 e. The lowest BCUT2D eigenvalue weighted by Crippen LogP contribution is -2.52. The standard InChI is InChI=1S/C24H27FN2O.2ClH/c25-18-5-7-19(8-6-18)26-13-15-27(16-14-26)20-9-11-24(12-10-20)17-23(28)21-3-1-2-4-22(21)24;;/h1-8,20H,9-17H2;2*1H. The minimum Gasteiger partial charge on any atom is -0.369 e. The number of rotatable bonds is 2. The normalized spacial score (nSPS) is 26.1. The summed E-state index contributed by atoms with van der Waals surface area (Å²) in [7, 11) is 0. The molecule has 2 aromatic carbocycles. The fourth-order valence-electron chi connectivity index (χ4n) is 5.65. The summed E-state index contributed by atoms with van der Waals surface area (Å²) in [5, 5.41) is 0. The van der Waals surface area contributed by atoms with E-state index in [1.165, 1.54) is 18.4 Å². The third kappa shape index (κ3) is 4.10. The van der Waals surface area contributed by atoms with Gasteiger partial charge >= 0.3 is 0 Å². The van der Waals surface area contributed by atoms with Crippen LogP contribution >= 0.6 is 24.8 Å². The van der Waals surface area contributed by atoms with Crippen molar-refractivity contribution in [2.45, 2.75) is 43.6 Å². The first-order valence-electron chi connectivity index (χ1n) is 10.5. The molecular formula is C24H29Cl2FN2O. The molecule has 30 heavy (non-hydrogen) atoms. The van der Waals surface area contributed by atoms with Crippen LogP contribution in [-0.4, -0.2) is 42.9 Å². The molecule has 5 rings (SSSR count). The molecule has 2 aromatic rings. The van der Waals surface area contributed by atoms with Crippen LogP contribution in [0.3, 0.4) is 0 Å². The lowest BCUT2D eigenvalue weighted by atomic mass is 9.68. The van der Waals surface area contributed by atoms with Crippen LogP contribution in [0.4, 0.5) is 10.1 Å². The van der Waals surface area contributed by atoms with Crippen LogP contribution in [0.5, 0.6) is 0 Å². The summed E-state index contributed by atoms with van der Waals surface area (Å²) in [4.78, 5) is 17.5. The zero-order valence-corrected chi connectivity index (χ0v) is 18.7.